The summed E-state index contributed by atoms with van der Waals surface area (Å²) in [5.41, 5.74) is 7.18. The van der Waals surface area contributed by atoms with E-state index in [0.717, 1.165) is 33.2 Å². The fourth-order valence-electron chi connectivity index (χ4n) is 5.74. The lowest BCUT2D eigenvalue weighted by molar-refractivity contribution is -0.662. The molecule has 0 unspecified atom stereocenters. The van der Waals surface area contributed by atoms with Gasteiger partial charge in [-0.25, -0.2) is 4.39 Å². The molecule has 0 saturated carbocycles. The van der Waals surface area contributed by atoms with Crippen molar-refractivity contribution in [2.75, 3.05) is 0 Å². The molecule has 0 bridgehead atoms. The Morgan fingerprint density at radius 2 is 1.28 bits per heavy atom. The number of nitrogens with zero attached hydrogens (tertiary/aromatic N) is 2. The van der Waals surface area contributed by atoms with E-state index in [1.807, 2.05) is 54.6 Å². The molecule has 5 aromatic carbocycles. The molecule has 3 nitrogen and oxygen atoms in total. The first kappa shape index (κ1) is 21.2. The molecule has 7 rings (SSSR count). The minimum absolute atomic E-state index is 0.0550. The number of benzene rings is 5. The fourth-order valence-corrected chi connectivity index (χ4v) is 5.74. The van der Waals surface area contributed by atoms with E-state index in [1.54, 1.807) is 19.1 Å². The highest BCUT2D eigenvalue weighted by Crippen LogP contribution is 2.42. The molecule has 2 heterocycles. The largest absolute Gasteiger partial charge is 0.454 e. The highest BCUT2D eigenvalue weighted by molar-refractivity contribution is 6.14. The van der Waals surface area contributed by atoms with Crippen LogP contribution in [0.2, 0.25) is 0 Å². The number of halogens is 1. The number of pyridine rings is 1. The highest BCUT2D eigenvalue weighted by atomic mass is 19.1. The van der Waals surface area contributed by atoms with Gasteiger partial charge < -0.3 is 4.42 Å². The van der Waals surface area contributed by atoms with Crippen molar-refractivity contribution in [1.29, 1.82) is 5.26 Å². The van der Waals surface area contributed by atoms with Crippen molar-refractivity contribution in [2.24, 2.45) is 7.05 Å². The van der Waals surface area contributed by atoms with Crippen LogP contribution in [0, 0.1) is 30.9 Å². The summed E-state index contributed by atoms with van der Waals surface area (Å²) in [7, 11) is 1.43. The van der Waals surface area contributed by atoms with E-state index >= 15 is 4.39 Å². The predicted molar refractivity (Wildman–Crippen MR) is 171 cm³/mol. The summed E-state index contributed by atoms with van der Waals surface area (Å²) < 4.78 is 63.7. The number of nitriles is 1. The van der Waals surface area contributed by atoms with E-state index in [4.69, 9.17) is 11.3 Å². The zero-order chi connectivity index (χ0) is 33.9. The molecule has 0 radical (unpaired) electrons. The van der Waals surface area contributed by atoms with Crippen molar-refractivity contribution in [3.05, 3.63) is 138 Å². The van der Waals surface area contributed by atoms with Crippen LogP contribution in [0.15, 0.2) is 120 Å². The second-order valence-electron chi connectivity index (χ2n) is 10.6. The third-order valence-electron chi connectivity index (χ3n) is 7.94. The quantitative estimate of drug-likeness (QED) is 0.200. The molecule has 0 aliphatic carbocycles. The molecule has 0 aliphatic rings. The Labute approximate surface area is 256 Å². The fraction of sp³-hybridized carbons (Fsp3) is 0.0769. The number of hydrogen-bond donors (Lipinski definition) is 0. The molecule has 0 saturated heterocycles. The zero-order valence-electron chi connectivity index (χ0n) is 28.5. The lowest BCUT2D eigenvalue weighted by Gasteiger charge is -2.08. The lowest BCUT2D eigenvalue weighted by Crippen LogP contribution is -2.31. The van der Waals surface area contributed by atoms with E-state index < -0.39 is 30.4 Å². The first-order chi connectivity index (χ1) is 23.0. The Hall–Kier alpha value is -5.53. The second-order valence-corrected chi connectivity index (χ2v) is 10.6. The van der Waals surface area contributed by atoms with Gasteiger partial charge >= 0.3 is 0 Å². The zero-order valence-corrected chi connectivity index (χ0v) is 23.5. The van der Waals surface area contributed by atoms with Crippen LogP contribution in [0.3, 0.4) is 0 Å². The molecule has 0 N–H and O–H groups in total. The summed E-state index contributed by atoms with van der Waals surface area (Å²) in [5, 5.41) is 11.5. The van der Waals surface area contributed by atoms with Crippen molar-refractivity contribution in [2.45, 2.75) is 13.8 Å². The van der Waals surface area contributed by atoms with Crippen LogP contribution in [0.4, 0.5) is 4.39 Å². The molecule has 43 heavy (non-hydrogen) atoms. The first-order valence-corrected chi connectivity index (χ1v) is 13.8. The monoisotopic (exact) mass is 564 g/mol. The molecule has 4 heteroatoms. The number of hydrogen-bond acceptors (Lipinski definition) is 2. The number of aromatic nitrogens is 1. The third-order valence-corrected chi connectivity index (χ3v) is 7.94. The van der Waals surface area contributed by atoms with E-state index in [1.165, 1.54) is 11.6 Å². The average Bonchev–Trinajstić information content (AvgIpc) is 3.46. The average molecular weight is 565 g/mol. The Morgan fingerprint density at radius 1 is 0.721 bits per heavy atom. The normalized spacial score (nSPS) is 13.2. The van der Waals surface area contributed by atoms with Gasteiger partial charge in [-0.15, -0.1) is 0 Å². The second kappa shape index (κ2) is 10.4. The van der Waals surface area contributed by atoms with E-state index in [-0.39, 0.29) is 5.69 Å². The summed E-state index contributed by atoms with van der Waals surface area (Å²) >= 11 is 0. The maximum absolute atomic E-state index is 15.1. The number of fused-ring (bicyclic) bond motifs is 3. The van der Waals surface area contributed by atoms with Gasteiger partial charge in [-0.1, -0.05) is 91.0 Å². The van der Waals surface area contributed by atoms with Crippen molar-refractivity contribution >= 4 is 21.9 Å². The smallest absolute Gasteiger partial charge is 0.216 e. The van der Waals surface area contributed by atoms with Gasteiger partial charge in [0, 0.05) is 26.5 Å². The first-order valence-electron chi connectivity index (χ1n) is 16.3. The molecular formula is C39H28FN2O+. The topological polar surface area (TPSA) is 40.8 Å². The SMILES string of the molecule is [2H]c1c(C([2H])([2H])[2H])c(F)c([2H])[n+](C)c1-c1c(C)ccc2c1oc1c(-c3ccc(-c4ccc(-c5ccccc5)cc4)cc3)c(C#N)ccc12. The molecule has 0 atom stereocenters. The van der Waals surface area contributed by atoms with Crippen LogP contribution in [0.5, 0.6) is 0 Å². The van der Waals surface area contributed by atoms with Crippen LogP contribution >= 0.6 is 0 Å². The van der Waals surface area contributed by atoms with Crippen LogP contribution in [-0.4, -0.2) is 0 Å². The summed E-state index contributed by atoms with van der Waals surface area (Å²) in [6, 6.07) is 35.4. The van der Waals surface area contributed by atoms with E-state index in [2.05, 4.69) is 42.5 Å². The van der Waals surface area contributed by atoms with Crippen LogP contribution in [0.25, 0.3) is 66.6 Å². The summed E-state index contributed by atoms with van der Waals surface area (Å²) in [6.07, 6.45) is -0.651. The minimum atomic E-state index is -2.94. The molecule has 0 amide bonds. The van der Waals surface area contributed by atoms with Crippen LogP contribution in [0.1, 0.15) is 23.5 Å². The summed E-state index contributed by atoms with van der Waals surface area (Å²) in [6.45, 7) is -1.16. The number of rotatable bonds is 4. The van der Waals surface area contributed by atoms with Crippen LogP contribution in [-0.2, 0) is 7.05 Å². The molecule has 0 fully saturated rings. The predicted octanol–water partition coefficient (Wildman–Crippen LogP) is 9.71. The van der Waals surface area contributed by atoms with Crippen molar-refractivity contribution in [1.82, 2.24) is 0 Å². The van der Waals surface area contributed by atoms with Crippen molar-refractivity contribution in [3.8, 4) is 50.7 Å². The Bertz CT molecular complexity index is 2430. The number of furan rings is 1. The van der Waals surface area contributed by atoms with Gasteiger partial charge in [-0.3, -0.25) is 0 Å². The Balaban J connectivity index is 1.39. The molecular weight excluding hydrogens is 531 g/mol. The number of aryl methyl sites for hydroxylation is 1. The highest BCUT2D eigenvalue weighted by Gasteiger charge is 2.24. The third kappa shape index (κ3) is 4.47. The maximum Gasteiger partial charge on any atom is 0.216 e. The molecule has 7 aromatic rings. The van der Waals surface area contributed by atoms with Gasteiger partial charge in [0.25, 0.3) is 0 Å². The van der Waals surface area contributed by atoms with Gasteiger partial charge in [-0.2, -0.15) is 9.83 Å². The van der Waals surface area contributed by atoms with E-state index in [9.17, 15) is 5.26 Å². The lowest BCUT2D eigenvalue weighted by atomic mass is 9.94. The van der Waals surface area contributed by atoms with Crippen LogP contribution < -0.4 is 4.57 Å². The van der Waals surface area contributed by atoms with E-state index in [0.29, 0.717) is 38.8 Å². The van der Waals surface area contributed by atoms with Crippen molar-refractivity contribution < 1.29 is 20.2 Å². The molecule has 0 aliphatic heterocycles. The molecule has 0 spiro atoms. The Morgan fingerprint density at radius 3 is 1.88 bits per heavy atom. The van der Waals surface area contributed by atoms with Gasteiger partial charge in [0.05, 0.1) is 18.6 Å². The standard InChI is InChI=1S/C39H28FN2O/c1-24-9-19-32-33-20-18-31(22-41)37(39(33)43-38(32)36(24)35-21-25(2)34(40)23-42(35)3)30-16-14-29(15-17-30)28-12-10-27(11-13-28)26-7-5-4-6-8-26/h4-21,23H,1-3H3/q+1/i2D3,21D,23D. The van der Waals surface area contributed by atoms with Gasteiger partial charge in [0.2, 0.25) is 11.9 Å². The molecule has 206 valence electrons. The molecule has 2 aromatic heterocycles. The van der Waals surface area contributed by atoms with Crippen molar-refractivity contribution in [3.63, 3.8) is 0 Å². The summed E-state index contributed by atoms with van der Waals surface area (Å²) in [4.78, 5) is 0. The Kier molecular flexibility index (Phi) is 5.12. The van der Waals surface area contributed by atoms with Gasteiger partial charge in [0.1, 0.15) is 19.6 Å². The summed E-state index contributed by atoms with van der Waals surface area (Å²) in [5.74, 6) is -1.25. The maximum atomic E-state index is 15.1. The van der Waals surface area contributed by atoms with Gasteiger partial charge in [-0.05, 0) is 64.9 Å². The van der Waals surface area contributed by atoms with Gasteiger partial charge in [0.15, 0.2) is 5.82 Å². The minimum Gasteiger partial charge on any atom is -0.454 e.